The van der Waals surface area contributed by atoms with E-state index in [9.17, 15) is 4.79 Å². The molecule has 0 saturated carbocycles. The van der Waals surface area contributed by atoms with E-state index in [0.29, 0.717) is 11.4 Å². The molecule has 0 saturated heterocycles. The molecule has 5 nitrogen and oxygen atoms in total. The van der Waals surface area contributed by atoms with Crippen molar-refractivity contribution in [2.45, 2.75) is 6.92 Å². The van der Waals surface area contributed by atoms with Crippen LogP contribution in [0.25, 0.3) is 11.3 Å². The van der Waals surface area contributed by atoms with Crippen LogP contribution in [-0.2, 0) is 0 Å². The molecule has 5 heteroatoms. The Bertz CT molecular complexity index is 561. The molecule has 0 fully saturated rings. The van der Waals surface area contributed by atoms with Gasteiger partial charge in [0, 0.05) is 24.0 Å². The Morgan fingerprint density at radius 3 is 2.88 bits per heavy atom. The molecule has 3 N–H and O–H groups in total. The maximum absolute atomic E-state index is 11.2. The molecule has 0 aliphatic heterocycles. The Morgan fingerprint density at radius 2 is 2.24 bits per heavy atom. The average molecular weight is 231 g/mol. The molecule has 0 amide bonds. The minimum Gasteiger partial charge on any atom is -0.478 e. The van der Waals surface area contributed by atoms with Crippen molar-refractivity contribution in [2.24, 2.45) is 0 Å². The number of aromatic amines is 1. The highest BCUT2D eigenvalue weighted by molar-refractivity contribution is 5.96. The zero-order chi connectivity index (χ0) is 12.4. The topological polar surface area (TPSA) is 78.0 Å². The first-order valence-corrected chi connectivity index (χ1v) is 5.20. The van der Waals surface area contributed by atoms with Gasteiger partial charge in [0.15, 0.2) is 0 Å². The van der Waals surface area contributed by atoms with E-state index in [1.54, 1.807) is 6.92 Å². The molecular formula is C12H13N3O2. The number of aromatic nitrogens is 2. The lowest BCUT2D eigenvalue weighted by molar-refractivity contribution is 0.0697. The number of nitrogens with one attached hydrogen (secondary N) is 2. The van der Waals surface area contributed by atoms with Crippen molar-refractivity contribution in [3.63, 3.8) is 0 Å². The highest BCUT2D eigenvalue weighted by Crippen LogP contribution is 2.25. The third-order valence-electron chi connectivity index (χ3n) is 2.59. The number of aryl methyl sites for hydroxylation is 1. The number of anilines is 1. The molecule has 2 rings (SSSR count). The summed E-state index contributed by atoms with van der Waals surface area (Å²) in [5.74, 6) is -0.971. The molecule has 0 radical (unpaired) electrons. The first-order chi connectivity index (χ1) is 8.13. The van der Waals surface area contributed by atoms with Crippen LogP contribution in [0.15, 0.2) is 24.3 Å². The van der Waals surface area contributed by atoms with Gasteiger partial charge >= 0.3 is 5.97 Å². The fourth-order valence-electron chi connectivity index (χ4n) is 1.72. The molecule has 1 heterocycles. The zero-order valence-electron chi connectivity index (χ0n) is 9.61. The van der Waals surface area contributed by atoms with Gasteiger partial charge < -0.3 is 10.4 Å². The number of hydrogen-bond donors (Lipinski definition) is 3. The highest BCUT2D eigenvalue weighted by atomic mass is 16.4. The van der Waals surface area contributed by atoms with Crippen LogP contribution in [-0.4, -0.2) is 28.3 Å². The lowest BCUT2D eigenvalue weighted by Gasteiger charge is -2.03. The van der Waals surface area contributed by atoms with Gasteiger partial charge in [-0.3, -0.25) is 5.10 Å². The Morgan fingerprint density at radius 1 is 1.47 bits per heavy atom. The molecule has 17 heavy (non-hydrogen) atoms. The summed E-state index contributed by atoms with van der Waals surface area (Å²) >= 11 is 0. The molecule has 1 aromatic heterocycles. The predicted octanol–water partition coefficient (Wildman–Crippen LogP) is 2.13. The van der Waals surface area contributed by atoms with E-state index in [1.165, 1.54) is 0 Å². The van der Waals surface area contributed by atoms with Crippen molar-refractivity contribution in [2.75, 3.05) is 12.4 Å². The number of carboxylic acid groups (broad SMARTS) is 1. The number of H-pyrrole nitrogens is 1. The molecular weight excluding hydrogens is 218 g/mol. The molecule has 2 aromatic rings. The van der Waals surface area contributed by atoms with Crippen LogP contribution in [0.3, 0.4) is 0 Å². The second kappa shape index (κ2) is 4.29. The van der Waals surface area contributed by atoms with Gasteiger partial charge in [0.1, 0.15) is 11.3 Å². The molecule has 0 aliphatic rings. The van der Waals surface area contributed by atoms with Crippen molar-refractivity contribution < 1.29 is 9.90 Å². The second-order valence-electron chi connectivity index (χ2n) is 3.71. The molecule has 88 valence electrons. The summed E-state index contributed by atoms with van der Waals surface area (Å²) in [6.45, 7) is 1.70. The van der Waals surface area contributed by atoms with Gasteiger partial charge in [0.05, 0.1) is 0 Å². The van der Waals surface area contributed by atoms with E-state index in [1.807, 2.05) is 31.3 Å². The Balaban J connectivity index is 2.56. The van der Waals surface area contributed by atoms with E-state index in [4.69, 9.17) is 5.11 Å². The lowest BCUT2D eigenvalue weighted by atomic mass is 10.1. The zero-order valence-corrected chi connectivity index (χ0v) is 9.61. The molecule has 0 spiro atoms. The first-order valence-electron chi connectivity index (χ1n) is 5.20. The summed E-state index contributed by atoms with van der Waals surface area (Å²) in [6.07, 6.45) is 0. The quantitative estimate of drug-likeness (QED) is 0.756. The van der Waals surface area contributed by atoms with Gasteiger partial charge in [0.25, 0.3) is 0 Å². The number of rotatable bonds is 3. The summed E-state index contributed by atoms with van der Waals surface area (Å²) in [5.41, 5.74) is 2.94. The molecule has 1 aromatic carbocycles. The van der Waals surface area contributed by atoms with E-state index in [2.05, 4.69) is 15.5 Å². The number of aromatic carboxylic acids is 1. The van der Waals surface area contributed by atoms with Crippen molar-refractivity contribution in [1.82, 2.24) is 10.2 Å². The molecule has 0 atom stereocenters. The summed E-state index contributed by atoms with van der Waals surface area (Å²) in [7, 11) is 1.81. The van der Waals surface area contributed by atoms with Crippen LogP contribution in [0.2, 0.25) is 0 Å². The number of carbonyl (C=O) groups is 1. The fraction of sp³-hybridized carbons (Fsp3) is 0.167. The van der Waals surface area contributed by atoms with Crippen LogP contribution < -0.4 is 5.32 Å². The third kappa shape index (κ3) is 1.99. The monoisotopic (exact) mass is 231 g/mol. The van der Waals surface area contributed by atoms with Gasteiger partial charge in [-0.1, -0.05) is 12.1 Å². The van der Waals surface area contributed by atoms with Crippen LogP contribution in [0.1, 0.15) is 16.1 Å². The van der Waals surface area contributed by atoms with Crippen LogP contribution in [0.4, 0.5) is 5.69 Å². The van der Waals surface area contributed by atoms with Crippen molar-refractivity contribution in [3.05, 3.63) is 35.5 Å². The molecule has 0 unspecified atom stereocenters. The molecule has 0 bridgehead atoms. The summed E-state index contributed by atoms with van der Waals surface area (Å²) in [5, 5.41) is 18.9. The van der Waals surface area contributed by atoms with Crippen molar-refractivity contribution in [3.8, 4) is 11.3 Å². The van der Waals surface area contributed by atoms with E-state index in [-0.39, 0.29) is 5.56 Å². The van der Waals surface area contributed by atoms with Gasteiger partial charge in [0.2, 0.25) is 0 Å². The SMILES string of the molecule is CNc1cccc(-c2n[nH]c(C)c2C(=O)O)c1. The van der Waals surface area contributed by atoms with Gasteiger partial charge in [-0.2, -0.15) is 5.10 Å². The second-order valence-corrected chi connectivity index (χ2v) is 3.71. The highest BCUT2D eigenvalue weighted by Gasteiger charge is 2.18. The number of nitrogens with zero attached hydrogens (tertiary/aromatic N) is 1. The van der Waals surface area contributed by atoms with E-state index >= 15 is 0 Å². The standard InChI is InChI=1S/C12H13N3O2/c1-7-10(12(16)17)11(15-14-7)8-4-3-5-9(6-8)13-2/h3-6,13H,1-2H3,(H,14,15)(H,16,17). The Labute approximate surface area is 98.5 Å². The van der Waals surface area contributed by atoms with Crippen LogP contribution in [0.5, 0.6) is 0 Å². The van der Waals surface area contributed by atoms with Crippen LogP contribution >= 0.6 is 0 Å². The summed E-state index contributed by atoms with van der Waals surface area (Å²) in [4.78, 5) is 11.2. The van der Waals surface area contributed by atoms with Crippen LogP contribution in [0, 0.1) is 6.92 Å². The minimum atomic E-state index is -0.971. The number of hydrogen-bond acceptors (Lipinski definition) is 3. The average Bonchev–Trinajstić information content (AvgIpc) is 2.71. The smallest absolute Gasteiger partial charge is 0.339 e. The Kier molecular flexibility index (Phi) is 2.82. The summed E-state index contributed by atoms with van der Waals surface area (Å²) in [6, 6.07) is 7.46. The lowest BCUT2D eigenvalue weighted by Crippen LogP contribution is -1.99. The normalized spacial score (nSPS) is 10.2. The van der Waals surface area contributed by atoms with E-state index in [0.717, 1.165) is 11.3 Å². The van der Waals surface area contributed by atoms with Gasteiger partial charge in [-0.15, -0.1) is 0 Å². The summed E-state index contributed by atoms with van der Waals surface area (Å²) < 4.78 is 0. The maximum Gasteiger partial charge on any atom is 0.339 e. The number of carboxylic acids is 1. The van der Waals surface area contributed by atoms with Crippen molar-refractivity contribution >= 4 is 11.7 Å². The molecule has 0 aliphatic carbocycles. The maximum atomic E-state index is 11.2. The predicted molar refractivity (Wildman–Crippen MR) is 65.3 cm³/mol. The minimum absolute atomic E-state index is 0.221. The third-order valence-corrected chi connectivity index (χ3v) is 2.59. The Hall–Kier alpha value is -2.30. The van der Waals surface area contributed by atoms with E-state index < -0.39 is 5.97 Å². The number of benzene rings is 1. The van der Waals surface area contributed by atoms with Gasteiger partial charge in [-0.25, -0.2) is 4.79 Å². The van der Waals surface area contributed by atoms with Crippen molar-refractivity contribution in [1.29, 1.82) is 0 Å². The van der Waals surface area contributed by atoms with Gasteiger partial charge in [-0.05, 0) is 19.1 Å². The first kappa shape index (κ1) is 11.2. The fourth-order valence-corrected chi connectivity index (χ4v) is 1.72. The largest absolute Gasteiger partial charge is 0.478 e.